The third-order valence-corrected chi connectivity index (χ3v) is 2.12. The van der Waals surface area contributed by atoms with Crippen molar-refractivity contribution in [3.63, 3.8) is 0 Å². The Kier molecular flexibility index (Phi) is 5.00. The molecule has 1 aromatic carbocycles. The number of hydrogen-bond acceptors (Lipinski definition) is 4. The monoisotopic (exact) mass is 238 g/mol. The highest BCUT2D eigenvalue weighted by atomic mass is 16.5. The van der Waals surface area contributed by atoms with E-state index in [1.54, 1.807) is 18.2 Å². The highest BCUT2D eigenvalue weighted by molar-refractivity contribution is 5.76. The fraction of sp³-hybridized carbons (Fsp3) is 0.333. The number of benzene rings is 1. The molecule has 0 amide bonds. The zero-order chi connectivity index (χ0) is 12.7. The van der Waals surface area contributed by atoms with Gasteiger partial charge in [0.15, 0.2) is 11.5 Å². The largest absolute Gasteiger partial charge is 0.493 e. The summed E-state index contributed by atoms with van der Waals surface area (Å²) in [6.45, 7) is 0.295. The van der Waals surface area contributed by atoms with Crippen molar-refractivity contribution in [3.8, 4) is 11.5 Å². The first-order valence-corrected chi connectivity index (χ1v) is 5.15. The highest BCUT2D eigenvalue weighted by Gasteiger charge is 2.05. The number of carbonyl (C=O) groups excluding carboxylic acids is 1. The Morgan fingerprint density at radius 2 is 2.18 bits per heavy atom. The number of aliphatic carboxylic acids is 1. The van der Waals surface area contributed by atoms with Gasteiger partial charge in [-0.1, -0.05) is 0 Å². The van der Waals surface area contributed by atoms with Crippen LogP contribution in [0.5, 0.6) is 11.5 Å². The van der Waals surface area contributed by atoms with Crippen LogP contribution in [0, 0.1) is 0 Å². The van der Waals surface area contributed by atoms with E-state index in [4.69, 9.17) is 14.6 Å². The van der Waals surface area contributed by atoms with Crippen LogP contribution in [-0.4, -0.2) is 31.1 Å². The zero-order valence-corrected chi connectivity index (χ0v) is 9.51. The van der Waals surface area contributed by atoms with E-state index in [9.17, 15) is 9.59 Å². The quantitative estimate of drug-likeness (QED) is 0.578. The van der Waals surface area contributed by atoms with E-state index in [0.29, 0.717) is 30.1 Å². The van der Waals surface area contributed by atoms with Crippen LogP contribution in [0.2, 0.25) is 0 Å². The molecule has 0 fully saturated rings. The van der Waals surface area contributed by atoms with Crippen LogP contribution < -0.4 is 9.47 Å². The van der Waals surface area contributed by atoms with Crippen LogP contribution in [0.1, 0.15) is 23.2 Å². The number of ether oxygens (including phenoxy) is 2. The van der Waals surface area contributed by atoms with E-state index in [0.717, 1.165) is 6.29 Å². The second-order valence-corrected chi connectivity index (χ2v) is 3.37. The molecule has 0 bridgehead atoms. The minimum atomic E-state index is -0.850. The van der Waals surface area contributed by atoms with E-state index in [1.807, 2.05) is 0 Å². The molecule has 5 heteroatoms. The molecule has 0 atom stereocenters. The molecule has 0 saturated heterocycles. The summed E-state index contributed by atoms with van der Waals surface area (Å²) in [7, 11) is 1.48. The standard InChI is InChI=1S/C12H14O5/c1-16-11-7-9(8-13)4-5-10(11)17-6-2-3-12(14)15/h4-5,7-8H,2-3,6H2,1H3,(H,14,15). The van der Waals surface area contributed by atoms with Gasteiger partial charge in [-0.25, -0.2) is 0 Å². The normalized spacial score (nSPS) is 9.71. The van der Waals surface area contributed by atoms with Crippen molar-refractivity contribution in [3.05, 3.63) is 23.8 Å². The number of rotatable bonds is 7. The van der Waals surface area contributed by atoms with E-state index >= 15 is 0 Å². The molecule has 5 nitrogen and oxygen atoms in total. The third kappa shape index (κ3) is 4.14. The van der Waals surface area contributed by atoms with Crippen molar-refractivity contribution < 1.29 is 24.2 Å². The topological polar surface area (TPSA) is 72.8 Å². The Hall–Kier alpha value is -2.04. The second-order valence-electron chi connectivity index (χ2n) is 3.37. The number of hydrogen-bond donors (Lipinski definition) is 1. The molecule has 1 aromatic rings. The fourth-order valence-electron chi connectivity index (χ4n) is 1.28. The van der Waals surface area contributed by atoms with Gasteiger partial charge in [0.05, 0.1) is 13.7 Å². The Balaban J connectivity index is 2.58. The maximum absolute atomic E-state index is 10.6. The number of methoxy groups -OCH3 is 1. The Morgan fingerprint density at radius 1 is 1.41 bits per heavy atom. The molecule has 1 rings (SSSR count). The lowest BCUT2D eigenvalue weighted by Gasteiger charge is -2.10. The molecule has 0 aliphatic carbocycles. The van der Waals surface area contributed by atoms with E-state index in [2.05, 4.69) is 0 Å². The molecule has 0 saturated carbocycles. The SMILES string of the molecule is COc1cc(C=O)ccc1OCCCC(=O)O. The smallest absolute Gasteiger partial charge is 0.303 e. The first kappa shape index (κ1) is 13.0. The molecule has 0 unspecified atom stereocenters. The lowest BCUT2D eigenvalue weighted by Crippen LogP contribution is -2.03. The number of carbonyl (C=O) groups is 2. The van der Waals surface area contributed by atoms with Crippen molar-refractivity contribution in [2.24, 2.45) is 0 Å². The number of carboxylic acids is 1. The lowest BCUT2D eigenvalue weighted by molar-refractivity contribution is -0.137. The van der Waals surface area contributed by atoms with Crippen molar-refractivity contribution in [1.29, 1.82) is 0 Å². The molecule has 0 heterocycles. The summed E-state index contributed by atoms with van der Waals surface area (Å²) in [5.41, 5.74) is 0.500. The van der Waals surface area contributed by atoms with Crippen molar-refractivity contribution in [1.82, 2.24) is 0 Å². The Bertz CT molecular complexity index is 400. The second kappa shape index (κ2) is 6.52. The first-order chi connectivity index (χ1) is 8.17. The first-order valence-electron chi connectivity index (χ1n) is 5.15. The summed E-state index contributed by atoms with van der Waals surface area (Å²) >= 11 is 0. The van der Waals surface area contributed by atoms with E-state index in [1.165, 1.54) is 7.11 Å². The summed E-state index contributed by atoms with van der Waals surface area (Å²) in [5, 5.41) is 8.46. The predicted octanol–water partition coefficient (Wildman–Crippen LogP) is 1.75. The van der Waals surface area contributed by atoms with E-state index in [-0.39, 0.29) is 6.42 Å². The third-order valence-electron chi connectivity index (χ3n) is 2.12. The van der Waals surface area contributed by atoms with Crippen LogP contribution >= 0.6 is 0 Å². The van der Waals surface area contributed by atoms with Gasteiger partial charge in [0.1, 0.15) is 6.29 Å². The maximum Gasteiger partial charge on any atom is 0.303 e. The predicted molar refractivity (Wildman–Crippen MR) is 60.7 cm³/mol. The van der Waals surface area contributed by atoms with Gasteiger partial charge in [-0.15, -0.1) is 0 Å². The Morgan fingerprint density at radius 3 is 2.76 bits per heavy atom. The molecule has 0 spiro atoms. The van der Waals surface area contributed by atoms with E-state index < -0.39 is 5.97 Å². The van der Waals surface area contributed by atoms with Crippen LogP contribution in [0.3, 0.4) is 0 Å². The summed E-state index contributed by atoms with van der Waals surface area (Å²) in [6.07, 6.45) is 1.21. The average molecular weight is 238 g/mol. The number of aldehydes is 1. The Labute approximate surface area is 99.0 Å². The van der Waals surface area contributed by atoms with Crippen molar-refractivity contribution in [2.75, 3.05) is 13.7 Å². The number of carboxylic acid groups (broad SMARTS) is 1. The van der Waals surface area contributed by atoms with Gasteiger partial charge in [0.2, 0.25) is 0 Å². The molecule has 0 radical (unpaired) electrons. The van der Waals surface area contributed by atoms with Crippen LogP contribution in [0.15, 0.2) is 18.2 Å². The van der Waals surface area contributed by atoms with Gasteiger partial charge in [-0.2, -0.15) is 0 Å². The van der Waals surface area contributed by atoms with Crippen molar-refractivity contribution in [2.45, 2.75) is 12.8 Å². The molecule has 1 N–H and O–H groups in total. The molecule has 0 aliphatic heterocycles. The van der Waals surface area contributed by atoms with Gasteiger partial charge in [0, 0.05) is 12.0 Å². The molecule has 92 valence electrons. The molecule has 0 aliphatic rings. The zero-order valence-electron chi connectivity index (χ0n) is 9.51. The van der Waals surface area contributed by atoms with Gasteiger partial charge >= 0.3 is 5.97 Å². The molecule has 17 heavy (non-hydrogen) atoms. The van der Waals surface area contributed by atoms with Gasteiger partial charge in [-0.3, -0.25) is 9.59 Å². The summed E-state index contributed by atoms with van der Waals surface area (Å²) in [4.78, 5) is 20.9. The summed E-state index contributed by atoms with van der Waals surface area (Å²) in [5.74, 6) is 0.116. The summed E-state index contributed by atoms with van der Waals surface area (Å²) < 4.78 is 10.4. The van der Waals surface area contributed by atoms with Gasteiger partial charge in [-0.05, 0) is 24.6 Å². The minimum absolute atomic E-state index is 0.0642. The van der Waals surface area contributed by atoms with Crippen LogP contribution in [-0.2, 0) is 4.79 Å². The molecular weight excluding hydrogens is 224 g/mol. The molecular formula is C12H14O5. The van der Waals surface area contributed by atoms with Crippen molar-refractivity contribution >= 4 is 12.3 Å². The average Bonchev–Trinajstić information content (AvgIpc) is 2.34. The van der Waals surface area contributed by atoms with Gasteiger partial charge < -0.3 is 14.6 Å². The molecule has 0 aromatic heterocycles. The van der Waals surface area contributed by atoms with Gasteiger partial charge in [0.25, 0.3) is 0 Å². The lowest BCUT2D eigenvalue weighted by atomic mass is 10.2. The fourth-order valence-corrected chi connectivity index (χ4v) is 1.28. The maximum atomic E-state index is 10.6. The minimum Gasteiger partial charge on any atom is -0.493 e. The summed E-state index contributed by atoms with van der Waals surface area (Å²) in [6, 6.07) is 4.81. The van der Waals surface area contributed by atoms with Crippen LogP contribution in [0.4, 0.5) is 0 Å². The highest BCUT2D eigenvalue weighted by Crippen LogP contribution is 2.27. The van der Waals surface area contributed by atoms with Crippen LogP contribution in [0.25, 0.3) is 0 Å².